The first-order chi connectivity index (χ1) is 7.81. The Labute approximate surface area is 105 Å². The molecule has 88 valence electrons. The fourth-order valence-electron chi connectivity index (χ4n) is 2.02. The van der Waals surface area contributed by atoms with Crippen molar-refractivity contribution in [3.8, 4) is 0 Å². The molecule has 0 aromatic carbocycles. The maximum Gasteiger partial charge on any atom is 0.0592 e. The standard InChI is InChI=1S/C11H17BrN4/c12-10-9-14-3-1-11(10)16-7-5-15(4-2-13)6-8-16/h1,3,9H,2,4-8,13H2. The molecule has 1 fully saturated rings. The lowest BCUT2D eigenvalue weighted by molar-refractivity contribution is 0.265. The molecule has 2 N–H and O–H groups in total. The maximum atomic E-state index is 5.56. The van der Waals surface area contributed by atoms with E-state index in [9.17, 15) is 0 Å². The second-order valence-electron chi connectivity index (χ2n) is 3.94. The van der Waals surface area contributed by atoms with Gasteiger partial charge in [-0.05, 0) is 22.0 Å². The van der Waals surface area contributed by atoms with E-state index in [0.29, 0.717) is 0 Å². The van der Waals surface area contributed by atoms with E-state index in [-0.39, 0.29) is 0 Å². The Morgan fingerprint density at radius 2 is 2.06 bits per heavy atom. The number of hydrogen-bond acceptors (Lipinski definition) is 4. The van der Waals surface area contributed by atoms with Crippen molar-refractivity contribution in [2.24, 2.45) is 5.73 Å². The Kier molecular flexibility index (Phi) is 4.15. The Bertz CT molecular complexity index is 337. The summed E-state index contributed by atoms with van der Waals surface area (Å²) in [6.07, 6.45) is 3.69. The van der Waals surface area contributed by atoms with E-state index in [1.54, 1.807) is 0 Å². The van der Waals surface area contributed by atoms with Gasteiger partial charge in [0.1, 0.15) is 0 Å². The van der Waals surface area contributed by atoms with E-state index < -0.39 is 0 Å². The van der Waals surface area contributed by atoms with Gasteiger partial charge in [0.2, 0.25) is 0 Å². The number of aromatic nitrogens is 1. The van der Waals surface area contributed by atoms with Gasteiger partial charge >= 0.3 is 0 Å². The lowest BCUT2D eigenvalue weighted by Gasteiger charge is -2.36. The second-order valence-corrected chi connectivity index (χ2v) is 4.80. The van der Waals surface area contributed by atoms with Crippen molar-refractivity contribution >= 4 is 21.6 Å². The first-order valence-corrected chi connectivity index (χ1v) is 6.37. The molecule has 0 bridgehead atoms. The third kappa shape index (κ3) is 2.72. The van der Waals surface area contributed by atoms with E-state index in [4.69, 9.17) is 5.73 Å². The zero-order chi connectivity index (χ0) is 11.4. The first-order valence-electron chi connectivity index (χ1n) is 5.58. The van der Waals surface area contributed by atoms with Crippen LogP contribution in [0.5, 0.6) is 0 Å². The van der Waals surface area contributed by atoms with Crippen LogP contribution in [-0.2, 0) is 0 Å². The third-order valence-electron chi connectivity index (χ3n) is 2.91. The van der Waals surface area contributed by atoms with Gasteiger partial charge in [-0.15, -0.1) is 0 Å². The van der Waals surface area contributed by atoms with Gasteiger partial charge in [0.15, 0.2) is 0 Å². The van der Waals surface area contributed by atoms with Crippen molar-refractivity contribution in [1.29, 1.82) is 0 Å². The number of anilines is 1. The Balaban J connectivity index is 1.96. The summed E-state index contributed by atoms with van der Waals surface area (Å²) in [5.74, 6) is 0. The fraction of sp³-hybridized carbons (Fsp3) is 0.545. The minimum atomic E-state index is 0.749. The Morgan fingerprint density at radius 3 is 2.69 bits per heavy atom. The number of pyridine rings is 1. The van der Waals surface area contributed by atoms with Crippen LogP contribution in [0.4, 0.5) is 5.69 Å². The molecule has 0 aliphatic carbocycles. The van der Waals surface area contributed by atoms with Crippen molar-refractivity contribution in [3.63, 3.8) is 0 Å². The monoisotopic (exact) mass is 284 g/mol. The van der Waals surface area contributed by atoms with Crippen molar-refractivity contribution in [1.82, 2.24) is 9.88 Å². The third-order valence-corrected chi connectivity index (χ3v) is 3.52. The smallest absolute Gasteiger partial charge is 0.0592 e. The molecule has 1 aromatic rings. The van der Waals surface area contributed by atoms with Crippen molar-refractivity contribution in [3.05, 3.63) is 22.9 Å². The Morgan fingerprint density at radius 1 is 1.31 bits per heavy atom. The molecule has 0 radical (unpaired) electrons. The van der Waals surface area contributed by atoms with Crippen LogP contribution in [0.2, 0.25) is 0 Å². The fourth-order valence-corrected chi connectivity index (χ4v) is 2.52. The van der Waals surface area contributed by atoms with Crippen molar-refractivity contribution < 1.29 is 0 Å². The van der Waals surface area contributed by atoms with Gasteiger partial charge in [-0.25, -0.2) is 0 Å². The predicted octanol–water partition coefficient (Wildman–Crippen LogP) is 0.925. The lowest BCUT2D eigenvalue weighted by Crippen LogP contribution is -2.47. The molecular formula is C11H17BrN4. The number of nitrogens with zero attached hydrogens (tertiary/aromatic N) is 3. The minimum Gasteiger partial charge on any atom is -0.368 e. The van der Waals surface area contributed by atoms with Crippen LogP contribution in [0.15, 0.2) is 22.9 Å². The summed E-state index contributed by atoms with van der Waals surface area (Å²) < 4.78 is 1.07. The number of nitrogens with two attached hydrogens (primary N) is 1. The molecule has 0 amide bonds. The molecule has 4 nitrogen and oxygen atoms in total. The highest BCUT2D eigenvalue weighted by Gasteiger charge is 2.17. The molecule has 1 saturated heterocycles. The van der Waals surface area contributed by atoms with E-state index in [1.807, 2.05) is 12.4 Å². The molecule has 0 spiro atoms. The van der Waals surface area contributed by atoms with Gasteiger partial charge in [-0.1, -0.05) is 0 Å². The molecule has 5 heteroatoms. The van der Waals surface area contributed by atoms with E-state index in [1.165, 1.54) is 5.69 Å². The van der Waals surface area contributed by atoms with E-state index in [2.05, 4.69) is 36.8 Å². The zero-order valence-electron chi connectivity index (χ0n) is 9.27. The van der Waals surface area contributed by atoms with Crippen LogP contribution in [0.1, 0.15) is 0 Å². The van der Waals surface area contributed by atoms with Gasteiger partial charge < -0.3 is 10.6 Å². The van der Waals surface area contributed by atoms with Crippen molar-refractivity contribution in [2.75, 3.05) is 44.2 Å². The quantitative estimate of drug-likeness (QED) is 0.897. The molecule has 0 saturated carbocycles. The highest BCUT2D eigenvalue weighted by atomic mass is 79.9. The van der Waals surface area contributed by atoms with Gasteiger partial charge in [0.25, 0.3) is 0 Å². The van der Waals surface area contributed by atoms with E-state index >= 15 is 0 Å². The summed E-state index contributed by atoms with van der Waals surface area (Å²) in [6, 6.07) is 2.06. The highest BCUT2D eigenvalue weighted by Crippen LogP contribution is 2.25. The number of piperazine rings is 1. The summed E-state index contributed by atoms with van der Waals surface area (Å²) in [5.41, 5.74) is 6.80. The average Bonchev–Trinajstić information content (AvgIpc) is 2.31. The van der Waals surface area contributed by atoms with Gasteiger partial charge in [0.05, 0.1) is 10.2 Å². The SMILES string of the molecule is NCCN1CCN(c2ccncc2Br)CC1. The Hall–Kier alpha value is -0.650. The molecule has 1 aliphatic heterocycles. The minimum absolute atomic E-state index is 0.749. The predicted molar refractivity (Wildman–Crippen MR) is 69.6 cm³/mol. The second kappa shape index (κ2) is 5.61. The zero-order valence-corrected chi connectivity index (χ0v) is 10.9. The number of hydrogen-bond donors (Lipinski definition) is 1. The summed E-state index contributed by atoms with van der Waals surface area (Å²) >= 11 is 3.54. The van der Waals surface area contributed by atoms with Crippen LogP contribution in [0.25, 0.3) is 0 Å². The normalized spacial score (nSPS) is 17.8. The molecule has 2 rings (SSSR count). The summed E-state index contributed by atoms with van der Waals surface area (Å²) in [7, 11) is 0. The molecule has 0 unspecified atom stereocenters. The molecule has 16 heavy (non-hydrogen) atoms. The van der Waals surface area contributed by atoms with Gasteiger partial charge in [-0.3, -0.25) is 9.88 Å². The highest BCUT2D eigenvalue weighted by molar-refractivity contribution is 9.10. The molecule has 2 heterocycles. The topological polar surface area (TPSA) is 45.4 Å². The number of rotatable bonds is 3. The van der Waals surface area contributed by atoms with Crippen LogP contribution in [0.3, 0.4) is 0 Å². The summed E-state index contributed by atoms with van der Waals surface area (Å²) in [4.78, 5) is 8.88. The summed E-state index contributed by atoms with van der Waals surface area (Å²) in [5, 5.41) is 0. The maximum absolute atomic E-state index is 5.56. The van der Waals surface area contributed by atoms with E-state index in [0.717, 1.165) is 43.7 Å². The molecule has 0 atom stereocenters. The lowest BCUT2D eigenvalue weighted by atomic mass is 10.2. The van der Waals surface area contributed by atoms with Gasteiger partial charge in [0, 0.05) is 51.7 Å². The average molecular weight is 285 g/mol. The first kappa shape index (κ1) is 11.8. The van der Waals surface area contributed by atoms with Crippen LogP contribution < -0.4 is 10.6 Å². The number of halogens is 1. The summed E-state index contributed by atoms with van der Waals surface area (Å²) in [6.45, 7) is 6.05. The molecule has 1 aliphatic rings. The molecular weight excluding hydrogens is 268 g/mol. The van der Waals surface area contributed by atoms with Crippen molar-refractivity contribution in [2.45, 2.75) is 0 Å². The van der Waals surface area contributed by atoms with Crippen LogP contribution in [0, 0.1) is 0 Å². The van der Waals surface area contributed by atoms with Crippen LogP contribution in [-0.4, -0.2) is 49.2 Å². The van der Waals surface area contributed by atoms with Crippen LogP contribution >= 0.6 is 15.9 Å². The molecule has 1 aromatic heterocycles. The largest absolute Gasteiger partial charge is 0.368 e. The van der Waals surface area contributed by atoms with Gasteiger partial charge in [-0.2, -0.15) is 0 Å².